The van der Waals surface area contributed by atoms with Gasteiger partial charge in [-0.3, -0.25) is 24.1 Å². The molecule has 0 radical (unpaired) electrons. The first-order valence-electron chi connectivity index (χ1n) is 11.3. The summed E-state index contributed by atoms with van der Waals surface area (Å²) >= 11 is 0. The van der Waals surface area contributed by atoms with Gasteiger partial charge in [-0.2, -0.15) is 0 Å². The molecular formula is C26H31N5O2. The van der Waals surface area contributed by atoms with Crippen molar-refractivity contribution in [2.45, 2.75) is 6.92 Å². The van der Waals surface area contributed by atoms with Gasteiger partial charge in [-0.15, -0.1) is 0 Å². The van der Waals surface area contributed by atoms with E-state index in [2.05, 4.69) is 39.4 Å². The number of nitrogens with one attached hydrogen (secondary N) is 1. The predicted molar refractivity (Wildman–Crippen MR) is 133 cm³/mol. The molecule has 1 saturated heterocycles. The fourth-order valence-electron chi connectivity index (χ4n) is 4.13. The van der Waals surface area contributed by atoms with Gasteiger partial charge in [0.2, 0.25) is 5.91 Å². The maximum Gasteiger partial charge on any atom is 0.295 e. The standard InChI is InChI=1S/C26H31N5O2/c1-21-25(26(33)31(28(21)2)23-13-7-4-8-14-23)27-24(32)20-30-18-16-29(17-19-30)15-9-12-22-10-5-3-6-11-22/h3-14H,15-20H2,1-2H3,(H,27,32)/b12-9+. The Kier molecular flexibility index (Phi) is 7.22. The number of rotatable bonds is 7. The van der Waals surface area contributed by atoms with Gasteiger partial charge in [0, 0.05) is 39.8 Å². The molecule has 2 aromatic carbocycles. The molecule has 1 aromatic heterocycles. The Labute approximate surface area is 194 Å². The highest BCUT2D eigenvalue weighted by atomic mass is 16.2. The fourth-order valence-corrected chi connectivity index (χ4v) is 4.13. The Morgan fingerprint density at radius 2 is 1.55 bits per heavy atom. The van der Waals surface area contributed by atoms with Crippen molar-refractivity contribution in [3.8, 4) is 5.69 Å². The van der Waals surface area contributed by atoms with Crippen molar-refractivity contribution in [3.05, 3.63) is 88.4 Å². The number of nitrogens with zero attached hydrogens (tertiary/aromatic N) is 4. The molecule has 1 aliphatic rings. The lowest BCUT2D eigenvalue weighted by Crippen LogP contribution is -2.48. The maximum atomic E-state index is 13.0. The average molecular weight is 446 g/mol. The van der Waals surface area contributed by atoms with Gasteiger partial charge in [0.05, 0.1) is 17.9 Å². The van der Waals surface area contributed by atoms with Gasteiger partial charge in [-0.1, -0.05) is 60.7 Å². The highest BCUT2D eigenvalue weighted by Gasteiger charge is 2.21. The molecule has 0 atom stereocenters. The number of para-hydroxylation sites is 1. The number of hydrogen-bond donors (Lipinski definition) is 1. The Hall–Kier alpha value is -3.42. The Morgan fingerprint density at radius 1 is 0.939 bits per heavy atom. The third-order valence-electron chi connectivity index (χ3n) is 6.12. The smallest absolute Gasteiger partial charge is 0.295 e. The first-order valence-corrected chi connectivity index (χ1v) is 11.3. The lowest BCUT2D eigenvalue weighted by Gasteiger charge is -2.33. The molecule has 7 heteroatoms. The van der Waals surface area contributed by atoms with E-state index in [1.807, 2.05) is 62.5 Å². The molecule has 1 amide bonds. The third kappa shape index (κ3) is 5.50. The molecule has 1 aliphatic heterocycles. The van der Waals surface area contributed by atoms with Crippen molar-refractivity contribution in [2.24, 2.45) is 7.05 Å². The van der Waals surface area contributed by atoms with Crippen LogP contribution in [0.4, 0.5) is 5.69 Å². The van der Waals surface area contributed by atoms with E-state index >= 15 is 0 Å². The lowest BCUT2D eigenvalue weighted by atomic mass is 10.2. The molecule has 2 heterocycles. The van der Waals surface area contributed by atoms with Gasteiger partial charge in [0.15, 0.2) is 0 Å². The van der Waals surface area contributed by atoms with Crippen molar-refractivity contribution in [1.29, 1.82) is 0 Å². The third-order valence-corrected chi connectivity index (χ3v) is 6.12. The summed E-state index contributed by atoms with van der Waals surface area (Å²) in [5.74, 6) is -0.154. The van der Waals surface area contributed by atoms with Crippen LogP contribution in [0.1, 0.15) is 11.3 Å². The lowest BCUT2D eigenvalue weighted by molar-refractivity contribution is -0.117. The van der Waals surface area contributed by atoms with E-state index < -0.39 is 0 Å². The second-order valence-corrected chi connectivity index (χ2v) is 8.37. The van der Waals surface area contributed by atoms with Crippen LogP contribution >= 0.6 is 0 Å². The second-order valence-electron chi connectivity index (χ2n) is 8.37. The van der Waals surface area contributed by atoms with Crippen LogP contribution in [-0.2, 0) is 11.8 Å². The summed E-state index contributed by atoms with van der Waals surface area (Å²) in [6.07, 6.45) is 4.33. The highest BCUT2D eigenvalue weighted by Crippen LogP contribution is 2.14. The van der Waals surface area contributed by atoms with Gasteiger partial charge in [0.25, 0.3) is 5.56 Å². The molecule has 0 bridgehead atoms. The first kappa shape index (κ1) is 22.8. The van der Waals surface area contributed by atoms with Crippen molar-refractivity contribution < 1.29 is 4.79 Å². The highest BCUT2D eigenvalue weighted by molar-refractivity contribution is 5.92. The Balaban J connectivity index is 1.30. The molecule has 33 heavy (non-hydrogen) atoms. The van der Waals surface area contributed by atoms with Gasteiger partial charge in [0.1, 0.15) is 5.69 Å². The summed E-state index contributed by atoms with van der Waals surface area (Å²) in [7, 11) is 1.82. The predicted octanol–water partition coefficient (Wildman–Crippen LogP) is 2.75. The minimum absolute atomic E-state index is 0.154. The van der Waals surface area contributed by atoms with E-state index in [1.54, 1.807) is 9.36 Å². The van der Waals surface area contributed by atoms with Gasteiger partial charge in [-0.05, 0) is 24.6 Å². The quantitative estimate of drug-likeness (QED) is 0.608. The number of amides is 1. The van der Waals surface area contributed by atoms with Crippen molar-refractivity contribution in [1.82, 2.24) is 19.2 Å². The van der Waals surface area contributed by atoms with Crippen molar-refractivity contribution in [3.63, 3.8) is 0 Å². The topological polar surface area (TPSA) is 62.5 Å². The molecule has 7 nitrogen and oxygen atoms in total. The molecule has 1 N–H and O–H groups in total. The molecular weight excluding hydrogens is 414 g/mol. The molecule has 4 rings (SSSR count). The normalized spacial score (nSPS) is 15.2. The summed E-state index contributed by atoms with van der Waals surface area (Å²) < 4.78 is 3.35. The Morgan fingerprint density at radius 3 is 2.21 bits per heavy atom. The molecule has 0 unspecified atom stereocenters. The first-order chi connectivity index (χ1) is 16.0. The van der Waals surface area contributed by atoms with Crippen LogP contribution in [-0.4, -0.2) is 64.3 Å². The van der Waals surface area contributed by atoms with E-state index in [9.17, 15) is 9.59 Å². The molecule has 0 spiro atoms. The van der Waals surface area contributed by atoms with Crippen molar-refractivity contribution >= 4 is 17.7 Å². The van der Waals surface area contributed by atoms with Crippen LogP contribution in [0.2, 0.25) is 0 Å². The monoisotopic (exact) mass is 445 g/mol. The van der Waals surface area contributed by atoms with Crippen LogP contribution in [0.3, 0.4) is 0 Å². The number of anilines is 1. The minimum Gasteiger partial charge on any atom is -0.319 e. The molecule has 0 aliphatic carbocycles. The number of benzene rings is 2. The summed E-state index contributed by atoms with van der Waals surface area (Å²) in [6, 6.07) is 19.7. The molecule has 0 saturated carbocycles. The van der Waals surface area contributed by atoms with Crippen LogP contribution in [0.15, 0.2) is 71.5 Å². The molecule has 172 valence electrons. The maximum absolute atomic E-state index is 13.0. The van der Waals surface area contributed by atoms with E-state index in [1.165, 1.54) is 5.56 Å². The summed E-state index contributed by atoms with van der Waals surface area (Å²) in [6.45, 7) is 6.51. The van der Waals surface area contributed by atoms with E-state index in [0.29, 0.717) is 5.69 Å². The zero-order chi connectivity index (χ0) is 23.2. The van der Waals surface area contributed by atoms with Crippen LogP contribution < -0.4 is 10.9 Å². The number of aromatic nitrogens is 2. The Bertz CT molecular complexity index is 1160. The van der Waals surface area contributed by atoms with E-state index in [-0.39, 0.29) is 18.0 Å². The van der Waals surface area contributed by atoms with Gasteiger partial charge in [-0.25, -0.2) is 4.68 Å². The summed E-state index contributed by atoms with van der Waals surface area (Å²) in [5.41, 5.74) is 2.83. The van der Waals surface area contributed by atoms with Crippen LogP contribution in [0.5, 0.6) is 0 Å². The second kappa shape index (κ2) is 10.5. The summed E-state index contributed by atoms with van der Waals surface area (Å²) in [4.78, 5) is 30.2. The number of hydrogen-bond acceptors (Lipinski definition) is 4. The number of carbonyl (C=O) groups excluding carboxylic acids is 1. The largest absolute Gasteiger partial charge is 0.319 e. The summed E-state index contributed by atoms with van der Waals surface area (Å²) in [5, 5.41) is 2.86. The van der Waals surface area contributed by atoms with E-state index in [0.717, 1.165) is 44.1 Å². The zero-order valence-electron chi connectivity index (χ0n) is 19.3. The van der Waals surface area contributed by atoms with Crippen LogP contribution in [0.25, 0.3) is 11.8 Å². The SMILES string of the molecule is Cc1c(NC(=O)CN2CCN(C/C=C/c3ccccc3)CC2)c(=O)n(-c2ccccc2)n1C. The molecule has 3 aromatic rings. The van der Waals surface area contributed by atoms with Crippen LogP contribution in [0, 0.1) is 6.92 Å². The fraction of sp³-hybridized carbons (Fsp3) is 0.308. The molecule has 1 fully saturated rings. The minimum atomic E-state index is -0.218. The van der Waals surface area contributed by atoms with Gasteiger partial charge >= 0.3 is 0 Å². The van der Waals surface area contributed by atoms with E-state index in [4.69, 9.17) is 0 Å². The van der Waals surface area contributed by atoms with Crippen molar-refractivity contribution in [2.75, 3.05) is 44.6 Å². The number of carbonyl (C=O) groups is 1. The average Bonchev–Trinajstić information content (AvgIpc) is 3.04. The van der Waals surface area contributed by atoms with Gasteiger partial charge < -0.3 is 5.32 Å². The zero-order valence-corrected chi connectivity index (χ0v) is 19.3. The number of piperazine rings is 1.